The summed E-state index contributed by atoms with van der Waals surface area (Å²) in [6.45, 7) is 4.72. The quantitative estimate of drug-likeness (QED) is 0.895. The molecule has 2 aliphatic carbocycles. The first-order valence-corrected chi connectivity index (χ1v) is 7.56. The summed E-state index contributed by atoms with van der Waals surface area (Å²) in [7, 11) is 0. The second kappa shape index (κ2) is 4.82. The van der Waals surface area contributed by atoms with E-state index in [1.54, 1.807) is 0 Å². The average molecular weight is 259 g/mol. The van der Waals surface area contributed by atoms with E-state index in [9.17, 15) is 0 Å². The summed E-state index contributed by atoms with van der Waals surface area (Å²) >= 11 is 0. The highest BCUT2D eigenvalue weighted by Crippen LogP contribution is 2.43. The van der Waals surface area contributed by atoms with Crippen LogP contribution in [0.25, 0.3) is 0 Å². The Kier molecular flexibility index (Phi) is 3.30. The molecule has 2 unspecified atom stereocenters. The number of nitrogens with two attached hydrogens (primary N) is 1. The molecule has 3 rings (SSSR count). The lowest BCUT2D eigenvalue weighted by molar-refractivity contribution is 0.198. The Morgan fingerprint density at radius 1 is 1.11 bits per heavy atom. The predicted octanol–water partition coefficient (Wildman–Crippen LogP) is 3.85. The van der Waals surface area contributed by atoms with Crippen LogP contribution in [-0.2, 0) is 0 Å². The van der Waals surface area contributed by atoms with Crippen LogP contribution in [0.1, 0.15) is 57.4 Å². The summed E-state index contributed by atoms with van der Waals surface area (Å²) in [4.78, 5) is 0. The minimum atomic E-state index is 0.309. The fourth-order valence-electron chi connectivity index (χ4n) is 3.14. The molecule has 0 heterocycles. The van der Waals surface area contributed by atoms with Gasteiger partial charge >= 0.3 is 0 Å². The predicted molar refractivity (Wildman–Crippen MR) is 78.4 cm³/mol. The standard InChI is InChI=1S/C17H25NO/c1-17(2)10-9-16(18)15(11-17)12-3-5-13(6-4-12)19-14-7-8-14/h3-6,14-16H,7-11,18H2,1-2H3. The molecule has 0 aliphatic heterocycles. The van der Waals surface area contributed by atoms with Gasteiger partial charge < -0.3 is 10.5 Å². The number of rotatable bonds is 3. The Balaban J connectivity index is 1.72. The summed E-state index contributed by atoms with van der Waals surface area (Å²) in [5.41, 5.74) is 8.13. The molecular formula is C17H25NO. The van der Waals surface area contributed by atoms with Crippen molar-refractivity contribution in [3.05, 3.63) is 29.8 Å². The molecule has 2 aliphatic rings. The van der Waals surface area contributed by atoms with Gasteiger partial charge in [-0.15, -0.1) is 0 Å². The molecule has 19 heavy (non-hydrogen) atoms. The van der Waals surface area contributed by atoms with Crippen molar-refractivity contribution in [2.75, 3.05) is 0 Å². The van der Waals surface area contributed by atoms with Crippen molar-refractivity contribution in [1.29, 1.82) is 0 Å². The molecule has 1 aromatic carbocycles. The van der Waals surface area contributed by atoms with Gasteiger partial charge in [-0.25, -0.2) is 0 Å². The Bertz CT molecular complexity index is 433. The van der Waals surface area contributed by atoms with Crippen LogP contribution in [0.4, 0.5) is 0 Å². The molecule has 0 amide bonds. The van der Waals surface area contributed by atoms with E-state index in [1.807, 2.05) is 0 Å². The van der Waals surface area contributed by atoms with Gasteiger partial charge in [0.05, 0.1) is 6.10 Å². The summed E-state index contributed by atoms with van der Waals surface area (Å²) in [5.74, 6) is 1.51. The second-order valence-electron chi connectivity index (χ2n) is 7.06. The zero-order valence-electron chi connectivity index (χ0n) is 12.1. The SMILES string of the molecule is CC1(C)CCC(N)C(c2ccc(OC3CC3)cc2)C1. The molecule has 2 N–H and O–H groups in total. The van der Waals surface area contributed by atoms with Gasteiger partial charge in [-0.05, 0) is 61.1 Å². The molecule has 0 saturated heterocycles. The molecule has 1 aromatic rings. The minimum Gasteiger partial charge on any atom is -0.490 e. The van der Waals surface area contributed by atoms with Gasteiger partial charge in [0.15, 0.2) is 0 Å². The smallest absolute Gasteiger partial charge is 0.119 e. The molecule has 104 valence electrons. The van der Waals surface area contributed by atoms with Crippen LogP contribution in [-0.4, -0.2) is 12.1 Å². The Morgan fingerprint density at radius 2 is 1.79 bits per heavy atom. The topological polar surface area (TPSA) is 35.2 Å². The first-order valence-electron chi connectivity index (χ1n) is 7.56. The van der Waals surface area contributed by atoms with Crippen LogP contribution >= 0.6 is 0 Å². The average Bonchev–Trinajstić information content (AvgIpc) is 3.17. The third kappa shape index (κ3) is 3.11. The molecule has 2 nitrogen and oxygen atoms in total. The van der Waals surface area contributed by atoms with E-state index in [4.69, 9.17) is 10.5 Å². The van der Waals surface area contributed by atoms with E-state index >= 15 is 0 Å². The van der Waals surface area contributed by atoms with E-state index in [2.05, 4.69) is 38.1 Å². The van der Waals surface area contributed by atoms with Crippen molar-refractivity contribution in [2.45, 2.75) is 64.0 Å². The van der Waals surface area contributed by atoms with Gasteiger partial charge in [0.25, 0.3) is 0 Å². The summed E-state index contributed by atoms with van der Waals surface area (Å²) in [5, 5.41) is 0. The van der Waals surface area contributed by atoms with Crippen molar-refractivity contribution in [2.24, 2.45) is 11.1 Å². The van der Waals surface area contributed by atoms with Crippen LogP contribution in [0.3, 0.4) is 0 Å². The lowest BCUT2D eigenvalue weighted by Crippen LogP contribution is -2.37. The van der Waals surface area contributed by atoms with Gasteiger partial charge in [0.1, 0.15) is 5.75 Å². The van der Waals surface area contributed by atoms with Crippen molar-refractivity contribution in [1.82, 2.24) is 0 Å². The third-order valence-electron chi connectivity index (χ3n) is 4.58. The van der Waals surface area contributed by atoms with Gasteiger partial charge in [0, 0.05) is 6.04 Å². The van der Waals surface area contributed by atoms with Gasteiger partial charge in [-0.1, -0.05) is 26.0 Å². The highest BCUT2D eigenvalue weighted by atomic mass is 16.5. The molecule has 0 radical (unpaired) electrons. The van der Waals surface area contributed by atoms with Crippen LogP contribution in [0.5, 0.6) is 5.75 Å². The van der Waals surface area contributed by atoms with Gasteiger partial charge in [-0.3, -0.25) is 0 Å². The fraction of sp³-hybridized carbons (Fsp3) is 0.647. The van der Waals surface area contributed by atoms with E-state index < -0.39 is 0 Å². The lowest BCUT2D eigenvalue weighted by Gasteiger charge is -2.39. The maximum atomic E-state index is 6.33. The Hall–Kier alpha value is -1.02. The molecule has 2 atom stereocenters. The highest BCUT2D eigenvalue weighted by Gasteiger charge is 2.33. The third-order valence-corrected chi connectivity index (χ3v) is 4.58. The van der Waals surface area contributed by atoms with Crippen molar-refractivity contribution in [3.8, 4) is 5.75 Å². The summed E-state index contributed by atoms with van der Waals surface area (Å²) in [6.07, 6.45) is 6.47. The second-order valence-corrected chi connectivity index (χ2v) is 7.06. The van der Waals surface area contributed by atoms with Crippen LogP contribution < -0.4 is 10.5 Å². The molecular weight excluding hydrogens is 234 g/mol. The molecule has 0 aromatic heterocycles. The lowest BCUT2D eigenvalue weighted by atomic mass is 9.68. The van der Waals surface area contributed by atoms with Gasteiger partial charge in [0.2, 0.25) is 0 Å². The first kappa shape index (κ1) is 13.0. The van der Waals surface area contributed by atoms with E-state index in [0.717, 1.165) is 12.2 Å². The molecule has 2 saturated carbocycles. The maximum Gasteiger partial charge on any atom is 0.119 e. The molecule has 2 heteroatoms. The van der Waals surface area contributed by atoms with Crippen molar-refractivity contribution < 1.29 is 4.74 Å². The van der Waals surface area contributed by atoms with Crippen molar-refractivity contribution >= 4 is 0 Å². The number of hydrogen-bond acceptors (Lipinski definition) is 2. The Morgan fingerprint density at radius 3 is 2.42 bits per heavy atom. The van der Waals surface area contributed by atoms with E-state index in [0.29, 0.717) is 23.5 Å². The monoisotopic (exact) mass is 259 g/mol. The highest BCUT2D eigenvalue weighted by molar-refractivity contribution is 5.31. The molecule has 0 bridgehead atoms. The number of hydrogen-bond donors (Lipinski definition) is 1. The number of ether oxygens (including phenoxy) is 1. The molecule has 2 fully saturated rings. The maximum absolute atomic E-state index is 6.33. The van der Waals surface area contributed by atoms with Crippen LogP contribution in [0, 0.1) is 5.41 Å². The Labute approximate surface area is 116 Å². The van der Waals surface area contributed by atoms with Crippen LogP contribution in [0.15, 0.2) is 24.3 Å². The zero-order chi connectivity index (χ0) is 13.5. The minimum absolute atomic E-state index is 0.309. The van der Waals surface area contributed by atoms with E-state index in [-0.39, 0.29) is 0 Å². The molecule has 0 spiro atoms. The summed E-state index contributed by atoms with van der Waals surface area (Å²) < 4.78 is 5.80. The van der Waals surface area contributed by atoms with Gasteiger partial charge in [-0.2, -0.15) is 0 Å². The first-order chi connectivity index (χ1) is 9.03. The normalized spacial score (nSPS) is 30.1. The largest absolute Gasteiger partial charge is 0.490 e. The zero-order valence-corrected chi connectivity index (χ0v) is 12.1. The van der Waals surface area contributed by atoms with E-state index in [1.165, 1.54) is 31.2 Å². The summed E-state index contributed by atoms with van der Waals surface area (Å²) in [6, 6.07) is 8.96. The van der Waals surface area contributed by atoms with Crippen LogP contribution in [0.2, 0.25) is 0 Å². The fourth-order valence-corrected chi connectivity index (χ4v) is 3.14. The number of benzene rings is 1. The van der Waals surface area contributed by atoms with Crippen molar-refractivity contribution in [3.63, 3.8) is 0 Å².